The summed E-state index contributed by atoms with van der Waals surface area (Å²) in [6, 6.07) is 3.94. The molecule has 11 heteroatoms. The topological polar surface area (TPSA) is 124 Å². The van der Waals surface area contributed by atoms with Crippen LogP contribution in [-0.2, 0) is 20.1 Å². The first-order chi connectivity index (χ1) is 13.7. The molecule has 1 spiro atoms. The molecule has 2 aliphatic rings. The van der Waals surface area contributed by atoms with Crippen molar-refractivity contribution in [2.75, 3.05) is 24.3 Å². The summed E-state index contributed by atoms with van der Waals surface area (Å²) in [5.74, 6) is -1.57. The minimum absolute atomic E-state index is 0.0360. The lowest BCUT2D eigenvalue weighted by molar-refractivity contribution is 0.102. The minimum Gasteiger partial charge on any atom is -0.386 e. The first kappa shape index (κ1) is 19.9. The molecule has 0 aliphatic carbocycles. The van der Waals surface area contributed by atoms with E-state index in [9.17, 15) is 17.6 Å². The molecular weight excluding hydrogens is 419 g/mol. The molecule has 29 heavy (non-hydrogen) atoms. The zero-order chi connectivity index (χ0) is 20.9. The Balaban J connectivity index is 1.72. The monoisotopic (exact) mass is 438 g/mol. The summed E-state index contributed by atoms with van der Waals surface area (Å²) in [5.41, 5.74) is 6.76. The molecule has 3 heterocycles. The molecule has 154 valence electrons. The van der Waals surface area contributed by atoms with E-state index in [1.54, 1.807) is 5.38 Å². The Hall–Kier alpha value is -2.37. The first-order valence-electron chi connectivity index (χ1n) is 8.82. The zero-order valence-corrected chi connectivity index (χ0v) is 17.1. The van der Waals surface area contributed by atoms with Gasteiger partial charge in [-0.1, -0.05) is 0 Å². The van der Waals surface area contributed by atoms with E-state index >= 15 is 0 Å². The van der Waals surface area contributed by atoms with Gasteiger partial charge in [-0.3, -0.25) is 9.79 Å². The molecule has 0 saturated carbocycles. The van der Waals surface area contributed by atoms with Gasteiger partial charge in [-0.05, 0) is 31.5 Å². The number of anilines is 1. The minimum atomic E-state index is -3.76. The highest BCUT2D eigenvalue weighted by Crippen LogP contribution is 2.41. The number of carbonyl (C=O) groups is 1. The molecule has 3 N–H and O–H groups in total. The Kier molecular flexibility index (Phi) is 4.71. The zero-order valence-electron chi connectivity index (χ0n) is 15.5. The van der Waals surface area contributed by atoms with Crippen LogP contribution in [0, 0.1) is 5.82 Å². The second kappa shape index (κ2) is 6.85. The smallest absolute Gasteiger partial charge is 0.275 e. The fourth-order valence-electron chi connectivity index (χ4n) is 3.73. The van der Waals surface area contributed by atoms with Gasteiger partial charge < -0.3 is 15.8 Å². The SMILES string of the molecule is C[C@@]1(c2cc(NC(=O)c3cscn3)ccc2F)CS(=O)(=O)[C@]2(CCOC2)C(N)=N1. The Bertz CT molecular complexity index is 1100. The third-order valence-corrected chi connectivity index (χ3v) is 8.61. The van der Waals surface area contributed by atoms with Crippen LogP contribution in [0.2, 0.25) is 0 Å². The maximum absolute atomic E-state index is 14.7. The summed E-state index contributed by atoms with van der Waals surface area (Å²) in [7, 11) is -3.76. The molecule has 0 bridgehead atoms. The number of sulfone groups is 1. The number of aromatic nitrogens is 1. The molecule has 2 atom stereocenters. The molecule has 2 aliphatic heterocycles. The van der Waals surface area contributed by atoms with Crippen molar-refractivity contribution in [3.63, 3.8) is 0 Å². The number of benzene rings is 1. The van der Waals surface area contributed by atoms with E-state index in [4.69, 9.17) is 10.5 Å². The van der Waals surface area contributed by atoms with Gasteiger partial charge in [0.25, 0.3) is 5.91 Å². The van der Waals surface area contributed by atoms with Crippen LogP contribution >= 0.6 is 11.3 Å². The van der Waals surface area contributed by atoms with Gasteiger partial charge in [-0.15, -0.1) is 11.3 Å². The lowest BCUT2D eigenvalue weighted by Gasteiger charge is -2.39. The molecule has 0 radical (unpaired) electrons. The van der Waals surface area contributed by atoms with Gasteiger partial charge in [0.1, 0.15) is 22.9 Å². The number of aliphatic imine (C=N–C) groups is 1. The van der Waals surface area contributed by atoms with Crippen molar-refractivity contribution in [2.45, 2.75) is 23.6 Å². The summed E-state index contributed by atoms with van der Waals surface area (Å²) in [4.78, 5) is 20.6. The Morgan fingerprint density at radius 3 is 2.83 bits per heavy atom. The van der Waals surface area contributed by atoms with E-state index in [0.717, 1.165) is 0 Å². The van der Waals surface area contributed by atoms with Gasteiger partial charge in [-0.2, -0.15) is 0 Å². The summed E-state index contributed by atoms with van der Waals surface area (Å²) in [6.45, 7) is 1.75. The number of carbonyl (C=O) groups excluding carboxylic acids is 1. The Morgan fingerprint density at radius 2 is 2.21 bits per heavy atom. The van der Waals surface area contributed by atoms with Crippen LogP contribution in [0.4, 0.5) is 10.1 Å². The molecule has 4 rings (SSSR count). The molecule has 1 aromatic carbocycles. The van der Waals surface area contributed by atoms with Crippen LogP contribution in [-0.4, -0.2) is 48.9 Å². The third kappa shape index (κ3) is 3.22. The predicted molar refractivity (Wildman–Crippen MR) is 107 cm³/mol. The van der Waals surface area contributed by atoms with Crippen LogP contribution in [0.5, 0.6) is 0 Å². The number of amidine groups is 1. The van der Waals surface area contributed by atoms with Crippen molar-refractivity contribution < 1.29 is 22.3 Å². The number of thiazole rings is 1. The van der Waals surface area contributed by atoms with Crippen molar-refractivity contribution in [3.8, 4) is 0 Å². The molecule has 1 amide bonds. The number of nitrogens with two attached hydrogens (primary N) is 1. The number of ether oxygens (including phenoxy) is 1. The van der Waals surface area contributed by atoms with Crippen LogP contribution in [0.3, 0.4) is 0 Å². The normalized spacial score (nSPS) is 28.3. The Morgan fingerprint density at radius 1 is 1.41 bits per heavy atom. The molecule has 2 aromatic rings. The molecule has 1 fully saturated rings. The average molecular weight is 439 g/mol. The van der Waals surface area contributed by atoms with E-state index in [-0.39, 0.29) is 36.7 Å². The van der Waals surface area contributed by atoms with Gasteiger partial charge in [0, 0.05) is 23.2 Å². The van der Waals surface area contributed by atoms with Crippen LogP contribution in [0.25, 0.3) is 0 Å². The predicted octanol–water partition coefficient (Wildman–Crippen LogP) is 1.69. The van der Waals surface area contributed by atoms with E-state index in [0.29, 0.717) is 5.69 Å². The number of nitrogens with one attached hydrogen (secondary N) is 1. The van der Waals surface area contributed by atoms with Gasteiger partial charge in [0.15, 0.2) is 14.6 Å². The molecule has 1 saturated heterocycles. The van der Waals surface area contributed by atoms with Crippen LogP contribution in [0.1, 0.15) is 29.4 Å². The lowest BCUT2D eigenvalue weighted by atomic mass is 9.92. The van der Waals surface area contributed by atoms with Crippen molar-refractivity contribution in [1.29, 1.82) is 0 Å². The van der Waals surface area contributed by atoms with Gasteiger partial charge in [0.2, 0.25) is 0 Å². The van der Waals surface area contributed by atoms with Crippen molar-refractivity contribution in [1.82, 2.24) is 4.98 Å². The van der Waals surface area contributed by atoms with Crippen molar-refractivity contribution in [3.05, 3.63) is 46.2 Å². The number of hydrogen-bond acceptors (Lipinski definition) is 8. The number of nitrogens with zero attached hydrogens (tertiary/aromatic N) is 2. The summed E-state index contributed by atoms with van der Waals surface area (Å²) >= 11 is 1.27. The van der Waals surface area contributed by atoms with Gasteiger partial charge in [-0.25, -0.2) is 17.8 Å². The maximum atomic E-state index is 14.7. The largest absolute Gasteiger partial charge is 0.386 e. The van der Waals surface area contributed by atoms with Crippen molar-refractivity contribution in [2.24, 2.45) is 10.7 Å². The van der Waals surface area contributed by atoms with Crippen LogP contribution < -0.4 is 11.1 Å². The number of rotatable bonds is 3. The second-order valence-corrected chi connectivity index (χ2v) is 10.4. The maximum Gasteiger partial charge on any atom is 0.275 e. The number of hydrogen-bond donors (Lipinski definition) is 2. The van der Waals surface area contributed by atoms with E-state index < -0.39 is 37.6 Å². The van der Waals surface area contributed by atoms with Crippen molar-refractivity contribution >= 4 is 38.6 Å². The molecule has 8 nitrogen and oxygen atoms in total. The third-order valence-electron chi connectivity index (χ3n) is 5.36. The van der Waals surface area contributed by atoms with Crippen LogP contribution in [0.15, 0.2) is 34.1 Å². The van der Waals surface area contributed by atoms with E-state index in [1.807, 2.05) is 0 Å². The molecular formula is C18H19FN4O4S2. The fourth-order valence-corrected chi connectivity index (χ4v) is 6.52. The molecule has 1 aromatic heterocycles. The van der Waals surface area contributed by atoms with E-state index in [1.165, 1.54) is 42.0 Å². The van der Waals surface area contributed by atoms with E-state index in [2.05, 4.69) is 15.3 Å². The summed E-state index contributed by atoms with van der Waals surface area (Å²) in [5, 5.41) is 4.22. The average Bonchev–Trinajstić information content (AvgIpc) is 3.34. The fraction of sp³-hybridized carbons (Fsp3) is 0.389. The number of amides is 1. The lowest BCUT2D eigenvalue weighted by Crippen LogP contribution is -2.58. The van der Waals surface area contributed by atoms with Gasteiger partial charge in [0.05, 0.1) is 17.9 Å². The highest BCUT2D eigenvalue weighted by molar-refractivity contribution is 7.93. The first-order valence-corrected chi connectivity index (χ1v) is 11.4. The highest BCUT2D eigenvalue weighted by Gasteiger charge is 2.57. The highest BCUT2D eigenvalue weighted by atomic mass is 32.2. The van der Waals surface area contributed by atoms with Gasteiger partial charge >= 0.3 is 0 Å². The number of halogens is 1. The second-order valence-electron chi connectivity index (χ2n) is 7.35. The standard InChI is InChI=1S/C18H19FN4O4S2/c1-17(9-29(25,26)18(16(20)23-17)4-5-27-8-18)12-6-11(2-3-13(12)19)22-15(24)14-7-28-10-21-14/h2-3,6-7,10H,4-5,8-9H2,1H3,(H2,20,23)(H,22,24)/t17-,18-/m0/s1. The summed E-state index contributed by atoms with van der Waals surface area (Å²) < 4.78 is 44.8. The molecule has 0 unspecified atom stereocenters. The summed E-state index contributed by atoms with van der Waals surface area (Å²) in [6.07, 6.45) is 0.229. The Labute approximate surface area is 170 Å². The quantitative estimate of drug-likeness (QED) is 0.752.